The van der Waals surface area contributed by atoms with Crippen LogP contribution >= 0.6 is 0 Å². The molecular weight excluding hydrogens is 913 g/mol. The van der Waals surface area contributed by atoms with Crippen LogP contribution in [0.2, 0.25) is 0 Å². The van der Waals surface area contributed by atoms with Gasteiger partial charge in [0.05, 0.1) is 35.3 Å². The molecule has 4 bridgehead atoms. The normalized spacial score (nSPS) is 25.2. The topological polar surface area (TPSA) is 184 Å². The molecule has 72 heavy (non-hydrogen) atoms. The number of nitrogens with zero attached hydrogens (tertiary/aromatic N) is 8. The third-order valence-electron chi connectivity index (χ3n) is 16.2. The first-order valence-electron chi connectivity index (χ1n) is 25.1. The van der Waals surface area contributed by atoms with E-state index in [9.17, 15) is 29.4 Å². The van der Waals surface area contributed by atoms with Gasteiger partial charge in [-0.1, -0.05) is 72.8 Å². The van der Waals surface area contributed by atoms with Crippen LogP contribution in [0.5, 0.6) is 0 Å². The van der Waals surface area contributed by atoms with Gasteiger partial charge in [-0.25, -0.2) is 9.97 Å². The molecule has 2 fully saturated rings. The zero-order chi connectivity index (χ0) is 49.6. The lowest BCUT2D eigenvalue weighted by Gasteiger charge is -2.38. The van der Waals surface area contributed by atoms with Crippen LogP contribution in [0.3, 0.4) is 0 Å². The molecule has 0 unspecified atom stereocenters. The summed E-state index contributed by atoms with van der Waals surface area (Å²) in [5.41, 5.74) is 9.22. The predicted molar refractivity (Wildman–Crippen MR) is 267 cm³/mol. The number of pyridine rings is 2. The number of aliphatic hydroxyl groups excluding tert-OH is 2. The smallest absolute Gasteiger partial charge is 0.258 e. The molecule has 8 atom stereocenters. The van der Waals surface area contributed by atoms with Gasteiger partial charge < -0.3 is 38.0 Å². The van der Waals surface area contributed by atoms with Crippen LogP contribution in [0.4, 0.5) is 0 Å². The summed E-state index contributed by atoms with van der Waals surface area (Å²) in [4.78, 5) is 72.1. The Hall–Kier alpha value is -6.98. The molecule has 16 heteroatoms. The number of hydrogen-bond donors (Lipinski definition) is 2. The summed E-state index contributed by atoms with van der Waals surface area (Å²) in [6.07, 6.45) is 15.0. The van der Waals surface area contributed by atoms with E-state index in [1.165, 1.54) is 35.0 Å². The highest BCUT2D eigenvalue weighted by atomic mass is 16.3. The standard InChI is InChI=1S/2C28H30N4O4/c2*1-2-5-19-8-9-23-26-25(28(35)30-11-10-18-6-3-4-7-20(18)12-30)22(15-33)24(14-32(23)27(19)34)31(26)13-21-16-36-17-29-21/h2*2-9,16-17,22,24-26,33H,10-15H2,1H3/b5-2+;5-2-/t2*22-,24-,25+,26+/m00/s1. The Labute approximate surface area is 417 Å². The quantitative estimate of drug-likeness (QED) is 0.183. The summed E-state index contributed by atoms with van der Waals surface area (Å²) in [6.45, 7) is 7.78. The Balaban J connectivity index is 0.000000156. The monoisotopic (exact) mass is 972 g/mol. The van der Waals surface area contributed by atoms with Crippen LogP contribution < -0.4 is 11.1 Å². The molecule has 2 amide bonds. The summed E-state index contributed by atoms with van der Waals surface area (Å²) in [6, 6.07) is 23.1. The van der Waals surface area contributed by atoms with Crippen LogP contribution in [0, 0.1) is 23.7 Å². The number of rotatable bonds is 10. The Morgan fingerprint density at radius 2 is 1.03 bits per heavy atom. The molecule has 2 aromatic carbocycles. The lowest BCUT2D eigenvalue weighted by Crippen LogP contribution is -2.46. The van der Waals surface area contributed by atoms with E-state index in [1.54, 1.807) is 12.5 Å². The Morgan fingerprint density at radius 3 is 1.40 bits per heavy atom. The zero-order valence-electron chi connectivity index (χ0n) is 40.6. The lowest BCUT2D eigenvalue weighted by molar-refractivity contribution is -0.140. The van der Waals surface area contributed by atoms with Crippen molar-refractivity contribution in [1.82, 2.24) is 38.7 Å². The van der Waals surface area contributed by atoms with Crippen molar-refractivity contribution in [3.63, 3.8) is 0 Å². The first-order valence-corrected chi connectivity index (χ1v) is 25.1. The van der Waals surface area contributed by atoms with Crippen molar-refractivity contribution in [2.75, 3.05) is 26.3 Å². The van der Waals surface area contributed by atoms with Gasteiger partial charge >= 0.3 is 0 Å². The number of carbonyl (C=O) groups is 2. The maximum absolute atomic E-state index is 14.2. The largest absolute Gasteiger partial charge is 0.451 e. The van der Waals surface area contributed by atoms with Crippen molar-refractivity contribution in [2.24, 2.45) is 23.7 Å². The van der Waals surface area contributed by atoms with Crippen LogP contribution in [0.25, 0.3) is 12.2 Å². The van der Waals surface area contributed by atoms with E-state index in [0.717, 1.165) is 35.6 Å². The minimum absolute atomic E-state index is 0.0413. The molecule has 2 saturated heterocycles. The predicted octanol–water partition coefficient (Wildman–Crippen LogP) is 5.24. The first kappa shape index (κ1) is 47.4. The number of benzene rings is 2. The van der Waals surface area contributed by atoms with Crippen molar-refractivity contribution >= 4 is 24.0 Å². The molecular formula is C56H60N8O8. The maximum atomic E-state index is 14.2. The number of oxazole rings is 2. The summed E-state index contributed by atoms with van der Waals surface area (Å²) in [5.74, 6) is -1.43. The highest BCUT2D eigenvalue weighted by Crippen LogP contribution is 2.51. The molecule has 0 aliphatic carbocycles. The molecule has 6 aliphatic heterocycles. The highest BCUT2D eigenvalue weighted by molar-refractivity contribution is 5.82. The number of hydrogen-bond acceptors (Lipinski definition) is 12. The van der Waals surface area contributed by atoms with E-state index in [2.05, 4.69) is 44.0 Å². The van der Waals surface area contributed by atoms with E-state index in [-0.39, 0.29) is 72.1 Å². The fourth-order valence-corrected chi connectivity index (χ4v) is 12.9. The van der Waals surface area contributed by atoms with Gasteiger partial charge in [0, 0.05) is 112 Å². The third kappa shape index (κ3) is 8.29. The lowest BCUT2D eigenvalue weighted by atomic mass is 9.85. The summed E-state index contributed by atoms with van der Waals surface area (Å²) < 4.78 is 14.0. The van der Waals surface area contributed by atoms with Gasteiger partial charge in [0.2, 0.25) is 11.8 Å². The SMILES string of the molecule is C/C=C/c1ccc2n(c1=O)C[C@H]1[C@H](CO)[C@@H](C(=O)N3CCc4ccccc4C3)[C@@H]2N1Cc1cocn1.C/C=C\c1ccc2n(c1=O)C[C@H]1[C@H](CO)[C@@H](C(=O)N3CCc4ccccc4C3)[C@@H]2N1Cc1cocn1. The van der Waals surface area contributed by atoms with Gasteiger partial charge in [0.15, 0.2) is 12.8 Å². The number of fused-ring (bicyclic) bond motifs is 10. The van der Waals surface area contributed by atoms with Gasteiger partial charge in [0.1, 0.15) is 12.5 Å². The van der Waals surface area contributed by atoms with Crippen LogP contribution in [-0.4, -0.2) is 99.1 Å². The second-order valence-electron chi connectivity index (χ2n) is 19.9. The van der Waals surface area contributed by atoms with E-state index in [1.807, 2.05) is 106 Å². The second-order valence-corrected chi connectivity index (χ2v) is 19.9. The second kappa shape index (κ2) is 19.9. The number of aromatic nitrogens is 4. The van der Waals surface area contributed by atoms with Crippen molar-refractivity contribution in [3.8, 4) is 0 Å². The Morgan fingerprint density at radius 1 is 0.611 bits per heavy atom. The summed E-state index contributed by atoms with van der Waals surface area (Å²) in [7, 11) is 0. The Bertz CT molecular complexity index is 2930. The number of carbonyl (C=O) groups excluding carboxylic acids is 2. The minimum Gasteiger partial charge on any atom is -0.451 e. The average molecular weight is 973 g/mol. The summed E-state index contributed by atoms with van der Waals surface area (Å²) in [5, 5.41) is 21.2. The van der Waals surface area contributed by atoms with Crippen LogP contribution in [0.1, 0.15) is 82.1 Å². The minimum atomic E-state index is -0.460. The van der Waals surface area contributed by atoms with Crippen molar-refractivity contribution in [1.29, 1.82) is 0 Å². The fraction of sp³-hybridized carbons (Fsp3) is 0.393. The molecule has 16 nitrogen and oxygen atoms in total. The first-order chi connectivity index (χ1) is 35.2. The van der Waals surface area contributed by atoms with Gasteiger partial charge in [-0.05, 0) is 73.2 Å². The maximum Gasteiger partial charge on any atom is 0.258 e. The summed E-state index contributed by atoms with van der Waals surface area (Å²) >= 11 is 0. The van der Waals surface area contributed by atoms with E-state index in [0.29, 0.717) is 63.5 Å². The number of allylic oxidation sites excluding steroid dienone is 2. The molecule has 372 valence electrons. The molecule has 12 rings (SSSR count). The number of amides is 2. The molecule has 6 aromatic rings. The molecule has 10 heterocycles. The van der Waals surface area contributed by atoms with Gasteiger partial charge in [-0.3, -0.25) is 29.0 Å². The van der Waals surface area contributed by atoms with Crippen LogP contribution in [-0.2, 0) is 61.7 Å². The van der Waals surface area contributed by atoms with E-state index in [4.69, 9.17) is 8.83 Å². The molecule has 0 radical (unpaired) electrons. The fourth-order valence-electron chi connectivity index (χ4n) is 12.9. The Kier molecular flexibility index (Phi) is 13.1. The highest BCUT2D eigenvalue weighted by Gasteiger charge is 2.58. The van der Waals surface area contributed by atoms with Crippen LogP contribution in [0.15, 0.2) is 129 Å². The van der Waals surface area contributed by atoms with Gasteiger partial charge in [-0.2, -0.15) is 0 Å². The van der Waals surface area contributed by atoms with Gasteiger partial charge in [0.25, 0.3) is 11.1 Å². The zero-order valence-corrected chi connectivity index (χ0v) is 40.6. The molecule has 4 aromatic heterocycles. The molecule has 0 spiro atoms. The molecule has 2 N–H and O–H groups in total. The van der Waals surface area contributed by atoms with Crippen molar-refractivity contribution < 1.29 is 28.6 Å². The molecule has 0 saturated carbocycles. The van der Waals surface area contributed by atoms with Crippen molar-refractivity contribution in [3.05, 3.63) is 187 Å². The van der Waals surface area contributed by atoms with E-state index >= 15 is 0 Å². The van der Waals surface area contributed by atoms with Crippen molar-refractivity contribution in [2.45, 2.75) is 90.1 Å². The average Bonchev–Trinajstić information content (AvgIpc) is 4.21. The number of aliphatic hydroxyl groups is 2. The molecule has 6 aliphatic rings. The van der Waals surface area contributed by atoms with Gasteiger partial charge in [-0.15, -0.1) is 0 Å². The third-order valence-corrected chi connectivity index (χ3v) is 16.2. The van der Waals surface area contributed by atoms with E-state index < -0.39 is 11.8 Å².